The third-order valence-electron chi connectivity index (χ3n) is 6.32. The number of benzene rings is 2. The van der Waals surface area contributed by atoms with Crippen molar-refractivity contribution in [3.8, 4) is 0 Å². The number of hydrogen-bond donors (Lipinski definition) is 0. The highest BCUT2D eigenvalue weighted by Crippen LogP contribution is 2.42. The Bertz CT molecular complexity index is 711. The Morgan fingerprint density at radius 2 is 1.27 bits per heavy atom. The minimum absolute atomic E-state index is 0.0868. The van der Waals surface area contributed by atoms with Crippen molar-refractivity contribution in [2.45, 2.75) is 50.6 Å². The molecule has 0 saturated carbocycles. The molecule has 2 aromatic rings. The van der Waals surface area contributed by atoms with Crippen molar-refractivity contribution in [3.05, 3.63) is 60.7 Å². The van der Waals surface area contributed by atoms with Gasteiger partial charge in [0.05, 0.1) is 23.3 Å². The SMILES string of the molecule is COC(=O)C[C@@H]([C@@H](C)[Si](C)(C)c1ccccc1)[Si](C)(C)c1ccccc1. The molecular weight excluding hydrogens is 352 g/mol. The zero-order chi connectivity index (χ0) is 19.4. The molecule has 0 radical (unpaired) electrons. The second-order valence-corrected chi connectivity index (χ2v) is 18.0. The van der Waals surface area contributed by atoms with E-state index in [9.17, 15) is 4.79 Å². The van der Waals surface area contributed by atoms with E-state index < -0.39 is 16.1 Å². The van der Waals surface area contributed by atoms with Crippen LogP contribution in [0.5, 0.6) is 0 Å². The van der Waals surface area contributed by atoms with Crippen molar-refractivity contribution in [1.29, 1.82) is 0 Å². The van der Waals surface area contributed by atoms with Crippen molar-refractivity contribution < 1.29 is 9.53 Å². The zero-order valence-electron chi connectivity index (χ0n) is 17.0. The van der Waals surface area contributed by atoms with E-state index in [2.05, 4.69) is 93.8 Å². The first-order valence-electron chi connectivity index (χ1n) is 9.39. The van der Waals surface area contributed by atoms with Gasteiger partial charge in [-0.15, -0.1) is 0 Å². The molecule has 0 aliphatic rings. The van der Waals surface area contributed by atoms with Crippen molar-refractivity contribution in [3.63, 3.8) is 0 Å². The second kappa shape index (κ2) is 8.36. The number of carbonyl (C=O) groups is 1. The molecule has 0 bridgehead atoms. The average molecular weight is 385 g/mol. The average Bonchev–Trinajstić information content (AvgIpc) is 2.66. The minimum Gasteiger partial charge on any atom is -0.469 e. The summed E-state index contributed by atoms with van der Waals surface area (Å²) in [7, 11) is -2.10. The van der Waals surface area contributed by atoms with E-state index >= 15 is 0 Å². The quantitative estimate of drug-likeness (QED) is 0.517. The number of hydrogen-bond acceptors (Lipinski definition) is 2. The Kier molecular flexibility index (Phi) is 6.64. The summed E-state index contributed by atoms with van der Waals surface area (Å²) in [5.41, 5.74) is 0.824. The summed E-state index contributed by atoms with van der Waals surface area (Å²) in [6, 6.07) is 21.6. The fourth-order valence-electron chi connectivity index (χ4n) is 4.04. The molecule has 0 heterocycles. The van der Waals surface area contributed by atoms with E-state index in [1.165, 1.54) is 17.5 Å². The summed E-state index contributed by atoms with van der Waals surface area (Å²) < 4.78 is 5.08. The molecule has 0 fully saturated rings. The molecule has 2 aromatic carbocycles. The lowest BCUT2D eigenvalue weighted by molar-refractivity contribution is -0.140. The summed E-state index contributed by atoms with van der Waals surface area (Å²) in [6.07, 6.45) is 0.509. The predicted octanol–water partition coefficient (Wildman–Crippen LogP) is 4.54. The zero-order valence-corrected chi connectivity index (χ0v) is 19.0. The van der Waals surface area contributed by atoms with Crippen LogP contribution < -0.4 is 10.4 Å². The van der Waals surface area contributed by atoms with E-state index in [0.29, 0.717) is 17.5 Å². The fourth-order valence-corrected chi connectivity index (χ4v) is 12.6. The Labute approximate surface area is 160 Å². The van der Waals surface area contributed by atoms with Gasteiger partial charge in [-0.1, -0.05) is 104 Å². The summed E-state index contributed by atoms with van der Waals surface area (Å²) in [5, 5.41) is 2.87. The van der Waals surface area contributed by atoms with Crippen LogP contribution in [0.25, 0.3) is 0 Å². The standard InChI is InChI=1S/C22H32O2Si2/c1-18(25(3,4)19-13-9-7-10-14-19)21(17-22(23)24-2)26(5,6)20-15-11-8-12-16-20/h7-16,18,21H,17H2,1-6H3/t18-,21+/m1/s1. The highest BCUT2D eigenvalue weighted by Gasteiger charge is 2.45. The van der Waals surface area contributed by atoms with Crippen molar-refractivity contribution in [2.75, 3.05) is 7.11 Å². The maximum atomic E-state index is 12.3. The van der Waals surface area contributed by atoms with Crippen LogP contribution in [0.15, 0.2) is 60.7 Å². The summed E-state index contributed by atoms with van der Waals surface area (Å²) in [5.74, 6) is -0.0868. The first-order chi connectivity index (χ1) is 12.2. The van der Waals surface area contributed by atoms with Gasteiger partial charge >= 0.3 is 5.97 Å². The van der Waals surface area contributed by atoms with E-state index in [0.717, 1.165) is 0 Å². The highest BCUT2D eigenvalue weighted by atomic mass is 28.3. The van der Waals surface area contributed by atoms with Crippen LogP contribution in [-0.4, -0.2) is 29.2 Å². The van der Waals surface area contributed by atoms with Gasteiger partial charge < -0.3 is 4.74 Å². The summed E-state index contributed by atoms with van der Waals surface area (Å²) in [6.45, 7) is 12.0. The van der Waals surface area contributed by atoms with Gasteiger partial charge in [-0.25, -0.2) is 0 Å². The van der Waals surface area contributed by atoms with Crippen LogP contribution >= 0.6 is 0 Å². The third kappa shape index (κ3) is 4.36. The van der Waals surface area contributed by atoms with E-state index in [1.54, 1.807) is 0 Å². The lowest BCUT2D eigenvalue weighted by Gasteiger charge is -2.43. The fraction of sp³-hybridized carbons (Fsp3) is 0.409. The number of methoxy groups -OCH3 is 1. The number of carbonyl (C=O) groups excluding carboxylic acids is 1. The molecule has 140 valence electrons. The largest absolute Gasteiger partial charge is 0.469 e. The van der Waals surface area contributed by atoms with Crippen LogP contribution in [0.2, 0.25) is 37.3 Å². The Hall–Kier alpha value is -1.66. The predicted molar refractivity (Wildman–Crippen MR) is 117 cm³/mol. The van der Waals surface area contributed by atoms with Crippen LogP contribution in [-0.2, 0) is 9.53 Å². The summed E-state index contributed by atoms with van der Waals surface area (Å²) in [4.78, 5) is 12.3. The van der Waals surface area contributed by atoms with Gasteiger partial charge in [0.15, 0.2) is 0 Å². The maximum Gasteiger partial charge on any atom is 0.305 e. The molecular formula is C22H32O2Si2. The highest BCUT2D eigenvalue weighted by molar-refractivity contribution is 6.96. The van der Waals surface area contributed by atoms with Gasteiger partial charge in [-0.3, -0.25) is 4.79 Å². The monoisotopic (exact) mass is 384 g/mol. The van der Waals surface area contributed by atoms with Gasteiger partial charge in [0.2, 0.25) is 0 Å². The third-order valence-corrected chi connectivity index (χ3v) is 15.5. The van der Waals surface area contributed by atoms with Crippen molar-refractivity contribution in [2.24, 2.45) is 0 Å². The van der Waals surface area contributed by atoms with Crippen LogP contribution in [0.3, 0.4) is 0 Å². The smallest absolute Gasteiger partial charge is 0.305 e. The molecule has 0 aromatic heterocycles. The van der Waals surface area contributed by atoms with E-state index in [4.69, 9.17) is 4.74 Å². The lowest BCUT2D eigenvalue weighted by atomic mass is 10.2. The van der Waals surface area contributed by atoms with Gasteiger partial charge in [0, 0.05) is 6.42 Å². The summed E-state index contributed by atoms with van der Waals surface area (Å²) >= 11 is 0. The van der Waals surface area contributed by atoms with Gasteiger partial charge in [0.25, 0.3) is 0 Å². The van der Waals surface area contributed by atoms with E-state index in [-0.39, 0.29) is 5.97 Å². The van der Waals surface area contributed by atoms with E-state index in [1.807, 2.05) is 0 Å². The molecule has 2 atom stereocenters. The van der Waals surface area contributed by atoms with Gasteiger partial charge in [-0.2, -0.15) is 0 Å². The first kappa shape index (κ1) is 20.7. The molecule has 2 nitrogen and oxygen atoms in total. The second-order valence-electron chi connectivity index (χ2n) is 8.35. The minimum atomic E-state index is -1.86. The molecule has 0 aliphatic heterocycles. The molecule has 0 unspecified atom stereocenters. The normalized spacial score (nSPS) is 14.5. The first-order valence-corrected chi connectivity index (χ1v) is 15.5. The number of ether oxygens (including phenoxy) is 1. The van der Waals surface area contributed by atoms with Gasteiger partial charge in [0.1, 0.15) is 0 Å². The Morgan fingerprint density at radius 1 is 0.846 bits per heavy atom. The number of esters is 1. The maximum absolute atomic E-state index is 12.3. The molecule has 2 rings (SSSR count). The van der Waals surface area contributed by atoms with Crippen LogP contribution in [0, 0.1) is 0 Å². The van der Waals surface area contributed by atoms with Crippen molar-refractivity contribution in [1.82, 2.24) is 0 Å². The van der Waals surface area contributed by atoms with Crippen LogP contribution in [0.4, 0.5) is 0 Å². The van der Waals surface area contributed by atoms with Gasteiger partial charge in [-0.05, 0) is 11.1 Å². The molecule has 0 amide bonds. The Morgan fingerprint density at radius 3 is 1.69 bits per heavy atom. The molecule has 26 heavy (non-hydrogen) atoms. The Balaban J connectivity index is 2.45. The molecule has 0 aliphatic carbocycles. The molecule has 0 saturated heterocycles. The molecule has 0 N–H and O–H groups in total. The topological polar surface area (TPSA) is 26.3 Å². The lowest BCUT2D eigenvalue weighted by Crippen LogP contribution is -2.55. The van der Waals surface area contributed by atoms with Crippen molar-refractivity contribution >= 4 is 32.5 Å². The molecule has 0 spiro atoms. The van der Waals surface area contributed by atoms with Crippen LogP contribution in [0.1, 0.15) is 13.3 Å². The molecule has 4 heteroatoms. The number of rotatable bonds is 7.